The van der Waals surface area contributed by atoms with Gasteiger partial charge in [0.2, 0.25) is 5.95 Å². The van der Waals surface area contributed by atoms with Crippen LogP contribution in [0.4, 0.5) is 17.3 Å². The summed E-state index contributed by atoms with van der Waals surface area (Å²) < 4.78 is 0. The van der Waals surface area contributed by atoms with Gasteiger partial charge in [0.15, 0.2) is 0 Å². The molecule has 2 aromatic carbocycles. The Morgan fingerprint density at radius 2 is 1.74 bits per heavy atom. The first-order valence-electron chi connectivity index (χ1n) is 8.41. The highest BCUT2D eigenvalue weighted by Gasteiger charge is 2.09. The zero-order valence-corrected chi connectivity index (χ0v) is 15.9. The van der Waals surface area contributed by atoms with Crippen molar-refractivity contribution in [3.8, 4) is 0 Å². The number of halogens is 1. The Morgan fingerprint density at radius 3 is 2.41 bits per heavy atom. The molecule has 1 amide bonds. The fourth-order valence-corrected chi connectivity index (χ4v) is 2.52. The molecule has 1 aromatic heterocycles. The van der Waals surface area contributed by atoms with Gasteiger partial charge in [0.25, 0.3) is 5.91 Å². The summed E-state index contributed by atoms with van der Waals surface area (Å²) in [6.07, 6.45) is 1.56. The minimum Gasteiger partial charge on any atom is -0.378 e. The average molecular weight is 382 g/mol. The molecule has 0 aliphatic rings. The largest absolute Gasteiger partial charge is 0.378 e. The van der Waals surface area contributed by atoms with Crippen LogP contribution in [-0.2, 0) is 6.54 Å². The molecule has 7 heteroatoms. The maximum absolute atomic E-state index is 12.4. The highest BCUT2D eigenvalue weighted by atomic mass is 35.5. The van der Waals surface area contributed by atoms with Crippen LogP contribution in [0.2, 0.25) is 5.02 Å². The molecule has 0 aliphatic carbocycles. The van der Waals surface area contributed by atoms with Crippen molar-refractivity contribution < 1.29 is 4.79 Å². The van der Waals surface area contributed by atoms with Gasteiger partial charge in [-0.05, 0) is 48.0 Å². The number of hydrogen-bond acceptors (Lipinski definition) is 5. The van der Waals surface area contributed by atoms with Gasteiger partial charge in [0.05, 0.1) is 0 Å². The lowest BCUT2D eigenvalue weighted by Gasteiger charge is -2.13. The first-order valence-corrected chi connectivity index (χ1v) is 8.79. The van der Waals surface area contributed by atoms with Gasteiger partial charge in [0.1, 0.15) is 5.69 Å². The van der Waals surface area contributed by atoms with E-state index < -0.39 is 0 Å². The molecule has 0 fully saturated rings. The van der Waals surface area contributed by atoms with Gasteiger partial charge < -0.3 is 15.5 Å². The van der Waals surface area contributed by atoms with Crippen LogP contribution >= 0.6 is 11.6 Å². The number of hydrogen-bond donors (Lipinski definition) is 2. The fourth-order valence-electron chi connectivity index (χ4n) is 2.39. The predicted octanol–water partition coefficient (Wildman–Crippen LogP) is 4.06. The number of aromatic nitrogens is 2. The second kappa shape index (κ2) is 8.51. The lowest BCUT2D eigenvalue weighted by Crippen LogP contribution is -2.15. The average Bonchev–Trinajstić information content (AvgIpc) is 2.68. The lowest BCUT2D eigenvalue weighted by atomic mass is 10.2. The molecule has 2 N–H and O–H groups in total. The number of carbonyl (C=O) groups excluding carboxylic acids is 1. The van der Waals surface area contributed by atoms with Crippen molar-refractivity contribution in [1.29, 1.82) is 0 Å². The maximum Gasteiger partial charge on any atom is 0.274 e. The number of nitrogens with zero attached hydrogens (tertiary/aromatic N) is 3. The Bertz CT molecular complexity index is 910. The van der Waals surface area contributed by atoms with Gasteiger partial charge in [-0.25, -0.2) is 9.97 Å². The van der Waals surface area contributed by atoms with Gasteiger partial charge in [-0.1, -0.05) is 23.7 Å². The molecule has 0 atom stereocenters. The summed E-state index contributed by atoms with van der Waals surface area (Å²) in [7, 11) is 3.93. The van der Waals surface area contributed by atoms with Gasteiger partial charge in [-0.2, -0.15) is 0 Å². The number of carbonyl (C=O) groups is 1. The number of benzene rings is 2. The Morgan fingerprint density at radius 1 is 1.04 bits per heavy atom. The van der Waals surface area contributed by atoms with E-state index in [0.29, 0.717) is 28.9 Å². The number of amides is 1. The van der Waals surface area contributed by atoms with Crippen LogP contribution in [-0.4, -0.2) is 30.0 Å². The first kappa shape index (κ1) is 18.7. The topological polar surface area (TPSA) is 70.2 Å². The van der Waals surface area contributed by atoms with Crippen LogP contribution in [0.15, 0.2) is 60.8 Å². The van der Waals surface area contributed by atoms with E-state index in [-0.39, 0.29) is 5.91 Å². The molecule has 0 unspecified atom stereocenters. The molecule has 27 heavy (non-hydrogen) atoms. The minimum absolute atomic E-state index is 0.287. The summed E-state index contributed by atoms with van der Waals surface area (Å²) in [6, 6.07) is 16.7. The van der Waals surface area contributed by atoms with Crippen molar-refractivity contribution >= 4 is 34.8 Å². The van der Waals surface area contributed by atoms with Crippen LogP contribution in [0.1, 0.15) is 16.1 Å². The molecule has 0 spiro atoms. The Labute approximate surface area is 163 Å². The Hall–Kier alpha value is -3.12. The standard InChI is InChI=1S/C20H20ClN5O/c1-26(2)17-9-7-16(8-10-17)24-19(27)18-11-12-22-20(25-18)23-13-14-3-5-15(21)6-4-14/h3-12H,13H2,1-2H3,(H,24,27)(H,22,23,25). The Kier molecular flexibility index (Phi) is 5.88. The quantitative estimate of drug-likeness (QED) is 0.673. The van der Waals surface area contributed by atoms with Crippen molar-refractivity contribution in [3.05, 3.63) is 77.1 Å². The van der Waals surface area contributed by atoms with Crippen LogP contribution in [0, 0.1) is 0 Å². The van der Waals surface area contributed by atoms with Crippen LogP contribution in [0.25, 0.3) is 0 Å². The SMILES string of the molecule is CN(C)c1ccc(NC(=O)c2ccnc(NCc3ccc(Cl)cc3)n2)cc1. The van der Waals surface area contributed by atoms with Crippen LogP contribution < -0.4 is 15.5 Å². The molecule has 3 rings (SSSR count). The molecule has 0 aliphatic heterocycles. The normalized spacial score (nSPS) is 10.3. The monoisotopic (exact) mass is 381 g/mol. The van der Waals surface area contributed by atoms with Crippen molar-refractivity contribution in [2.24, 2.45) is 0 Å². The third-order valence-electron chi connectivity index (χ3n) is 3.89. The molecular formula is C20H20ClN5O. The fraction of sp³-hybridized carbons (Fsp3) is 0.150. The minimum atomic E-state index is -0.287. The lowest BCUT2D eigenvalue weighted by molar-refractivity contribution is 0.102. The zero-order chi connectivity index (χ0) is 19.2. The molecule has 0 saturated heterocycles. The molecule has 6 nitrogen and oxygen atoms in total. The molecular weight excluding hydrogens is 362 g/mol. The third kappa shape index (κ3) is 5.18. The summed E-state index contributed by atoms with van der Waals surface area (Å²) in [6.45, 7) is 0.536. The molecule has 138 valence electrons. The van der Waals surface area contributed by atoms with Crippen LogP contribution in [0.5, 0.6) is 0 Å². The number of nitrogens with one attached hydrogen (secondary N) is 2. The van der Waals surface area contributed by atoms with Crippen molar-refractivity contribution in [2.75, 3.05) is 29.6 Å². The summed E-state index contributed by atoms with van der Waals surface area (Å²) in [4.78, 5) is 22.9. The molecule has 0 saturated carbocycles. The van der Waals surface area contributed by atoms with Crippen molar-refractivity contribution in [3.63, 3.8) is 0 Å². The third-order valence-corrected chi connectivity index (χ3v) is 4.15. The molecule has 0 radical (unpaired) electrons. The highest BCUT2D eigenvalue weighted by Crippen LogP contribution is 2.16. The van der Waals surface area contributed by atoms with E-state index >= 15 is 0 Å². The van der Waals surface area contributed by atoms with Crippen molar-refractivity contribution in [2.45, 2.75) is 6.54 Å². The van der Waals surface area contributed by atoms with E-state index in [2.05, 4.69) is 20.6 Å². The van der Waals surface area contributed by atoms with Crippen molar-refractivity contribution in [1.82, 2.24) is 9.97 Å². The van der Waals surface area contributed by atoms with Crippen LogP contribution in [0.3, 0.4) is 0 Å². The summed E-state index contributed by atoms with van der Waals surface area (Å²) >= 11 is 5.88. The molecule has 1 heterocycles. The van der Waals surface area contributed by atoms with E-state index in [1.54, 1.807) is 12.3 Å². The van der Waals surface area contributed by atoms with Gasteiger partial charge >= 0.3 is 0 Å². The van der Waals surface area contributed by atoms with E-state index in [1.165, 1.54) is 0 Å². The van der Waals surface area contributed by atoms with Gasteiger partial charge in [0, 0.05) is 43.2 Å². The second-order valence-corrected chi connectivity index (χ2v) is 6.58. The summed E-state index contributed by atoms with van der Waals surface area (Å²) in [5, 5.41) is 6.64. The van der Waals surface area contributed by atoms with Gasteiger partial charge in [-0.15, -0.1) is 0 Å². The number of rotatable bonds is 6. The second-order valence-electron chi connectivity index (χ2n) is 6.14. The first-order chi connectivity index (χ1) is 13.0. The molecule has 0 bridgehead atoms. The van der Waals surface area contributed by atoms with E-state index in [9.17, 15) is 4.79 Å². The summed E-state index contributed by atoms with van der Waals surface area (Å²) in [5.41, 5.74) is 3.10. The predicted molar refractivity (Wildman–Crippen MR) is 110 cm³/mol. The van der Waals surface area contributed by atoms with E-state index in [0.717, 1.165) is 11.3 Å². The summed E-state index contributed by atoms with van der Waals surface area (Å²) in [5.74, 6) is 0.102. The smallest absolute Gasteiger partial charge is 0.274 e. The maximum atomic E-state index is 12.4. The molecule has 3 aromatic rings. The number of anilines is 3. The van der Waals surface area contributed by atoms with E-state index in [4.69, 9.17) is 11.6 Å². The van der Waals surface area contributed by atoms with E-state index in [1.807, 2.05) is 67.5 Å². The Balaban J connectivity index is 1.63. The zero-order valence-electron chi connectivity index (χ0n) is 15.1. The van der Waals surface area contributed by atoms with Gasteiger partial charge in [-0.3, -0.25) is 4.79 Å². The highest BCUT2D eigenvalue weighted by molar-refractivity contribution is 6.30.